The van der Waals surface area contributed by atoms with Gasteiger partial charge in [-0.2, -0.15) is 0 Å². The highest BCUT2D eigenvalue weighted by molar-refractivity contribution is 5.95. The molecule has 0 amide bonds. The molecule has 1 saturated carbocycles. The van der Waals surface area contributed by atoms with E-state index in [-0.39, 0.29) is 11.6 Å². The molecule has 1 spiro atoms. The SMILES string of the molecule is C=C1C(C(=O)OCC)=C(C)OC12CCCCC2. The lowest BCUT2D eigenvalue weighted by Crippen LogP contribution is -2.33. The molecule has 0 saturated heterocycles. The minimum absolute atomic E-state index is 0.294. The summed E-state index contributed by atoms with van der Waals surface area (Å²) >= 11 is 0. The van der Waals surface area contributed by atoms with Crippen molar-refractivity contribution in [3.8, 4) is 0 Å². The third-order valence-corrected chi connectivity index (χ3v) is 3.69. The molecule has 1 aliphatic heterocycles. The summed E-state index contributed by atoms with van der Waals surface area (Å²) in [5, 5.41) is 0. The zero-order chi connectivity index (χ0) is 12.5. The molecular weight excluding hydrogens is 216 g/mol. The van der Waals surface area contributed by atoms with E-state index in [0.717, 1.165) is 31.3 Å². The smallest absolute Gasteiger partial charge is 0.341 e. The molecule has 0 atom stereocenters. The van der Waals surface area contributed by atoms with Crippen LogP contribution in [0.3, 0.4) is 0 Å². The van der Waals surface area contributed by atoms with Crippen molar-refractivity contribution in [1.82, 2.24) is 0 Å². The number of carbonyl (C=O) groups is 1. The van der Waals surface area contributed by atoms with Gasteiger partial charge in [0, 0.05) is 5.57 Å². The molecule has 3 heteroatoms. The van der Waals surface area contributed by atoms with Gasteiger partial charge in [0.2, 0.25) is 0 Å². The van der Waals surface area contributed by atoms with Crippen LogP contribution < -0.4 is 0 Å². The lowest BCUT2D eigenvalue weighted by atomic mass is 9.78. The Balaban J connectivity index is 2.21. The molecule has 0 bridgehead atoms. The summed E-state index contributed by atoms with van der Waals surface area (Å²) in [5.41, 5.74) is 1.08. The zero-order valence-electron chi connectivity index (χ0n) is 10.7. The molecule has 3 nitrogen and oxygen atoms in total. The normalized spacial score (nSPS) is 22.8. The van der Waals surface area contributed by atoms with E-state index in [1.54, 1.807) is 0 Å². The molecule has 1 fully saturated rings. The van der Waals surface area contributed by atoms with E-state index in [4.69, 9.17) is 9.47 Å². The van der Waals surface area contributed by atoms with Crippen molar-refractivity contribution in [3.05, 3.63) is 23.5 Å². The van der Waals surface area contributed by atoms with Crippen molar-refractivity contribution < 1.29 is 14.3 Å². The first-order valence-electron chi connectivity index (χ1n) is 6.37. The maximum absolute atomic E-state index is 11.9. The highest BCUT2D eigenvalue weighted by atomic mass is 16.5. The minimum atomic E-state index is -0.315. The number of carbonyl (C=O) groups excluding carboxylic acids is 1. The average Bonchev–Trinajstić information content (AvgIpc) is 2.52. The first-order valence-corrected chi connectivity index (χ1v) is 6.37. The third-order valence-electron chi connectivity index (χ3n) is 3.69. The first-order chi connectivity index (χ1) is 8.10. The van der Waals surface area contributed by atoms with Crippen molar-refractivity contribution in [1.29, 1.82) is 0 Å². The van der Waals surface area contributed by atoms with Crippen molar-refractivity contribution >= 4 is 5.97 Å². The van der Waals surface area contributed by atoms with Gasteiger partial charge in [0.25, 0.3) is 0 Å². The van der Waals surface area contributed by atoms with Gasteiger partial charge in [-0.05, 0) is 39.5 Å². The molecule has 2 rings (SSSR count). The second-order valence-corrected chi connectivity index (χ2v) is 4.79. The van der Waals surface area contributed by atoms with Crippen LogP contribution in [-0.4, -0.2) is 18.2 Å². The molecule has 0 aromatic carbocycles. The zero-order valence-corrected chi connectivity index (χ0v) is 10.7. The summed E-state index contributed by atoms with van der Waals surface area (Å²) in [4.78, 5) is 11.9. The number of ether oxygens (including phenoxy) is 2. The number of hydrogen-bond acceptors (Lipinski definition) is 3. The number of hydrogen-bond donors (Lipinski definition) is 0. The molecule has 0 aromatic rings. The van der Waals surface area contributed by atoms with E-state index >= 15 is 0 Å². The number of allylic oxidation sites excluding steroid dienone is 1. The van der Waals surface area contributed by atoms with Gasteiger partial charge in [-0.25, -0.2) is 4.79 Å². The molecule has 0 radical (unpaired) electrons. The van der Waals surface area contributed by atoms with Crippen LogP contribution in [0.2, 0.25) is 0 Å². The summed E-state index contributed by atoms with van der Waals surface area (Å²) in [6, 6.07) is 0. The van der Waals surface area contributed by atoms with Gasteiger partial charge < -0.3 is 9.47 Å². The van der Waals surface area contributed by atoms with Crippen LogP contribution in [0.5, 0.6) is 0 Å². The maximum Gasteiger partial charge on any atom is 0.341 e. The Morgan fingerprint density at radius 3 is 2.65 bits per heavy atom. The molecule has 0 N–H and O–H groups in total. The second kappa shape index (κ2) is 4.55. The highest BCUT2D eigenvalue weighted by Gasteiger charge is 2.46. The van der Waals surface area contributed by atoms with E-state index < -0.39 is 0 Å². The van der Waals surface area contributed by atoms with E-state index in [2.05, 4.69) is 6.58 Å². The number of rotatable bonds is 2. The topological polar surface area (TPSA) is 35.5 Å². The quantitative estimate of drug-likeness (QED) is 0.691. The molecule has 1 heterocycles. The van der Waals surface area contributed by atoms with Gasteiger partial charge in [0.15, 0.2) is 0 Å². The summed E-state index contributed by atoms with van der Waals surface area (Å²) in [6.07, 6.45) is 5.45. The number of esters is 1. The fourth-order valence-electron chi connectivity index (χ4n) is 2.84. The first kappa shape index (κ1) is 12.2. The Kier molecular flexibility index (Phi) is 3.27. The molecule has 0 unspecified atom stereocenters. The van der Waals surface area contributed by atoms with Crippen molar-refractivity contribution in [2.45, 2.75) is 51.6 Å². The Bertz CT molecular complexity index is 373. The van der Waals surface area contributed by atoms with Gasteiger partial charge in [-0.3, -0.25) is 0 Å². The molecule has 1 aliphatic carbocycles. The van der Waals surface area contributed by atoms with Crippen LogP contribution in [0.4, 0.5) is 0 Å². The van der Waals surface area contributed by atoms with Crippen molar-refractivity contribution in [2.75, 3.05) is 6.61 Å². The van der Waals surface area contributed by atoms with E-state index in [1.807, 2.05) is 13.8 Å². The summed E-state index contributed by atoms with van der Waals surface area (Å²) in [6.45, 7) is 8.11. The molecule has 94 valence electrons. The lowest BCUT2D eigenvalue weighted by Gasteiger charge is -2.34. The second-order valence-electron chi connectivity index (χ2n) is 4.79. The highest BCUT2D eigenvalue weighted by Crippen LogP contribution is 2.47. The standard InChI is InChI=1S/C14H20O3/c1-4-16-13(15)12-10(2)14(17-11(12)3)8-6-5-7-9-14/h2,4-9H2,1,3H3. The van der Waals surface area contributed by atoms with Crippen LogP contribution in [0.15, 0.2) is 23.5 Å². The largest absolute Gasteiger partial charge is 0.486 e. The van der Waals surface area contributed by atoms with Crippen LogP contribution in [0, 0.1) is 0 Å². The fourth-order valence-corrected chi connectivity index (χ4v) is 2.84. The van der Waals surface area contributed by atoms with Crippen LogP contribution >= 0.6 is 0 Å². The molecule has 2 aliphatic rings. The maximum atomic E-state index is 11.9. The van der Waals surface area contributed by atoms with Gasteiger partial charge in [0.1, 0.15) is 16.9 Å². The summed E-state index contributed by atoms with van der Waals surface area (Å²) in [5.74, 6) is 0.382. The lowest BCUT2D eigenvalue weighted by molar-refractivity contribution is -0.138. The van der Waals surface area contributed by atoms with E-state index in [9.17, 15) is 4.79 Å². The van der Waals surface area contributed by atoms with Crippen LogP contribution in [0.1, 0.15) is 46.0 Å². The summed E-state index contributed by atoms with van der Waals surface area (Å²) in [7, 11) is 0. The van der Waals surface area contributed by atoms with Crippen molar-refractivity contribution in [2.24, 2.45) is 0 Å². The van der Waals surface area contributed by atoms with Crippen LogP contribution in [-0.2, 0) is 14.3 Å². The third kappa shape index (κ3) is 1.99. The Labute approximate surface area is 102 Å². The van der Waals surface area contributed by atoms with Crippen molar-refractivity contribution in [3.63, 3.8) is 0 Å². The molecule has 0 aromatic heterocycles. The fraction of sp³-hybridized carbons (Fsp3) is 0.643. The predicted molar refractivity (Wildman–Crippen MR) is 65.4 cm³/mol. The van der Waals surface area contributed by atoms with E-state index in [1.165, 1.54) is 6.42 Å². The van der Waals surface area contributed by atoms with E-state index in [0.29, 0.717) is 17.9 Å². The Hall–Kier alpha value is -1.25. The Morgan fingerprint density at radius 2 is 2.06 bits per heavy atom. The summed E-state index contributed by atoms with van der Waals surface area (Å²) < 4.78 is 11.0. The molecule has 17 heavy (non-hydrogen) atoms. The predicted octanol–water partition coefficient (Wildman–Crippen LogP) is 3.11. The minimum Gasteiger partial charge on any atom is -0.486 e. The Morgan fingerprint density at radius 1 is 1.41 bits per heavy atom. The average molecular weight is 236 g/mol. The van der Waals surface area contributed by atoms with Gasteiger partial charge in [-0.1, -0.05) is 13.0 Å². The monoisotopic (exact) mass is 236 g/mol. The van der Waals surface area contributed by atoms with Gasteiger partial charge >= 0.3 is 5.97 Å². The van der Waals surface area contributed by atoms with Gasteiger partial charge in [-0.15, -0.1) is 0 Å². The van der Waals surface area contributed by atoms with Gasteiger partial charge in [0.05, 0.1) is 6.61 Å². The van der Waals surface area contributed by atoms with Crippen LogP contribution in [0.25, 0.3) is 0 Å². The molecular formula is C14H20O3.